The minimum absolute atomic E-state index is 0.0178. The van der Waals surface area contributed by atoms with Gasteiger partial charge in [0.1, 0.15) is 5.60 Å². The topological polar surface area (TPSA) is 46.5 Å². The van der Waals surface area contributed by atoms with Gasteiger partial charge in [-0.05, 0) is 33.6 Å². The summed E-state index contributed by atoms with van der Waals surface area (Å²) in [6, 6.07) is 0. The van der Waals surface area contributed by atoms with Crippen LogP contribution in [0.15, 0.2) is 0 Å². The van der Waals surface area contributed by atoms with E-state index in [2.05, 4.69) is 0 Å². The lowest BCUT2D eigenvalue weighted by atomic mass is 9.61. The number of carbonyl (C=O) groups excluding carboxylic acids is 1. The van der Waals surface area contributed by atoms with Gasteiger partial charge in [-0.3, -0.25) is 4.79 Å². The van der Waals surface area contributed by atoms with E-state index < -0.39 is 29.3 Å². The Labute approximate surface area is 100 Å². The lowest BCUT2D eigenvalue weighted by Crippen LogP contribution is -2.45. The van der Waals surface area contributed by atoms with Crippen LogP contribution in [-0.2, 0) is 9.53 Å². The first-order chi connectivity index (χ1) is 7.67. The van der Waals surface area contributed by atoms with Gasteiger partial charge in [0, 0.05) is 17.9 Å². The molecule has 1 aliphatic carbocycles. The molecule has 0 spiro atoms. The molecule has 0 saturated heterocycles. The fourth-order valence-corrected chi connectivity index (χ4v) is 2.24. The van der Waals surface area contributed by atoms with Gasteiger partial charge in [-0.25, -0.2) is 8.78 Å². The van der Waals surface area contributed by atoms with Crippen molar-refractivity contribution < 1.29 is 23.4 Å². The predicted octanol–water partition coefficient (Wildman–Crippen LogP) is 2.37. The zero-order valence-corrected chi connectivity index (χ0v) is 10.5. The molecule has 0 aromatic heterocycles. The van der Waals surface area contributed by atoms with Crippen molar-refractivity contribution in [1.82, 2.24) is 0 Å². The molecule has 100 valence electrons. The summed E-state index contributed by atoms with van der Waals surface area (Å²) in [5.74, 6) is -1.12. The summed E-state index contributed by atoms with van der Waals surface area (Å²) in [5, 5.41) is 9.23. The number of halogens is 2. The summed E-state index contributed by atoms with van der Waals surface area (Å²) in [6.45, 7) is 5.01. The third-order valence-electron chi connectivity index (χ3n) is 3.02. The van der Waals surface area contributed by atoms with Crippen LogP contribution in [-0.4, -0.2) is 29.7 Å². The van der Waals surface area contributed by atoms with Crippen molar-refractivity contribution >= 4 is 5.97 Å². The van der Waals surface area contributed by atoms with E-state index in [4.69, 9.17) is 4.74 Å². The summed E-state index contributed by atoms with van der Waals surface area (Å²) in [4.78, 5) is 11.6. The molecule has 1 rings (SSSR count). The second-order valence-electron chi connectivity index (χ2n) is 5.92. The third-order valence-corrected chi connectivity index (χ3v) is 3.02. The van der Waals surface area contributed by atoms with Crippen LogP contribution in [0.1, 0.15) is 40.0 Å². The molecule has 3 nitrogen and oxygen atoms in total. The van der Waals surface area contributed by atoms with Crippen molar-refractivity contribution in [3.63, 3.8) is 0 Å². The molecule has 0 aliphatic heterocycles. The zero-order chi connectivity index (χ0) is 13.3. The van der Waals surface area contributed by atoms with E-state index in [1.807, 2.05) is 0 Å². The second-order valence-corrected chi connectivity index (χ2v) is 5.92. The Balaban J connectivity index is 2.47. The van der Waals surface area contributed by atoms with Crippen LogP contribution >= 0.6 is 0 Å². The van der Waals surface area contributed by atoms with E-state index in [0.29, 0.717) is 0 Å². The lowest BCUT2D eigenvalue weighted by Gasteiger charge is -2.45. The van der Waals surface area contributed by atoms with Gasteiger partial charge in [0.05, 0.1) is 6.42 Å². The third kappa shape index (κ3) is 3.91. The van der Waals surface area contributed by atoms with Crippen LogP contribution in [0.25, 0.3) is 0 Å². The van der Waals surface area contributed by atoms with Crippen LogP contribution in [0.3, 0.4) is 0 Å². The Bertz CT molecular complexity index is 278. The first-order valence-electron chi connectivity index (χ1n) is 5.78. The molecule has 5 heteroatoms. The van der Waals surface area contributed by atoms with Crippen molar-refractivity contribution in [2.75, 3.05) is 6.61 Å². The summed E-state index contributed by atoms with van der Waals surface area (Å²) >= 11 is 0. The fraction of sp³-hybridized carbons (Fsp3) is 0.917. The Morgan fingerprint density at radius 3 is 2.35 bits per heavy atom. The summed E-state index contributed by atoms with van der Waals surface area (Å²) in [6.07, 6.45) is -1.96. The standard InChI is InChI=1S/C12H20F2O3/c1-11(2,3)17-9(16)6-12(7-15)4-8(5-12)10(13)14/h8,10,15H,4-7H2,1-3H3. The van der Waals surface area contributed by atoms with Crippen molar-refractivity contribution in [3.05, 3.63) is 0 Å². The molecule has 0 aromatic rings. The molecule has 1 aliphatic rings. The zero-order valence-electron chi connectivity index (χ0n) is 10.5. The molecular weight excluding hydrogens is 230 g/mol. The highest BCUT2D eigenvalue weighted by molar-refractivity contribution is 5.71. The number of aliphatic hydroxyl groups is 1. The maximum Gasteiger partial charge on any atom is 0.306 e. The maximum atomic E-state index is 12.4. The van der Waals surface area contributed by atoms with Crippen molar-refractivity contribution in [2.45, 2.75) is 52.1 Å². The summed E-state index contributed by atoms with van der Waals surface area (Å²) < 4.78 is 29.9. The molecule has 0 atom stereocenters. The SMILES string of the molecule is CC(C)(C)OC(=O)CC1(CO)CC(C(F)F)C1. The number of rotatable bonds is 4. The molecule has 0 heterocycles. The van der Waals surface area contributed by atoms with E-state index >= 15 is 0 Å². The van der Waals surface area contributed by atoms with Crippen LogP contribution in [0, 0.1) is 11.3 Å². The number of carbonyl (C=O) groups is 1. The molecule has 1 saturated carbocycles. The smallest absolute Gasteiger partial charge is 0.306 e. The van der Waals surface area contributed by atoms with Gasteiger partial charge in [-0.15, -0.1) is 0 Å². The molecule has 1 fully saturated rings. The Hall–Kier alpha value is -0.710. The van der Waals surface area contributed by atoms with Crippen molar-refractivity contribution in [2.24, 2.45) is 11.3 Å². The average molecular weight is 250 g/mol. The van der Waals surface area contributed by atoms with Gasteiger partial charge >= 0.3 is 5.97 Å². The molecule has 0 radical (unpaired) electrons. The minimum atomic E-state index is -2.37. The summed E-state index contributed by atoms with van der Waals surface area (Å²) in [7, 11) is 0. The van der Waals surface area contributed by atoms with Crippen LogP contribution in [0.4, 0.5) is 8.78 Å². The quantitative estimate of drug-likeness (QED) is 0.779. The number of aliphatic hydroxyl groups excluding tert-OH is 1. The second kappa shape index (κ2) is 4.88. The van der Waals surface area contributed by atoms with Crippen LogP contribution < -0.4 is 0 Å². The van der Waals surface area contributed by atoms with E-state index in [1.54, 1.807) is 20.8 Å². The van der Waals surface area contributed by atoms with E-state index in [9.17, 15) is 18.7 Å². The maximum absolute atomic E-state index is 12.4. The Morgan fingerprint density at radius 2 is 2.00 bits per heavy atom. The molecule has 0 unspecified atom stereocenters. The number of esters is 1. The Morgan fingerprint density at radius 1 is 1.47 bits per heavy atom. The van der Waals surface area contributed by atoms with Gasteiger partial charge in [0.2, 0.25) is 6.43 Å². The number of hydrogen-bond acceptors (Lipinski definition) is 3. The fourth-order valence-electron chi connectivity index (χ4n) is 2.24. The molecular formula is C12H20F2O3. The summed E-state index contributed by atoms with van der Waals surface area (Å²) in [5.41, 5.74) is -1.27. The monoisotopic (exact) mass is 250 g/mol. The largest absolute Gasteiger partial charge is 0.460 e. The highest BCUT2D eigenvalue weighted by Crippen LogP contribution is 2.50. The van der Waals surface area contributed by atoms with E-state index in [-0.39, 0.29) is 25.9 Å². The van der Waals surface area contributed by atoms with Gasteiger partial charge in [0.25, 0.3) is 0 Å². The Kier molecular flexibility index (Phi) is 4.12. The molecule has 0 bridgehead atoms. The van der Waals surface area contributed by atoms with Crippen molar-refractivity contribution in [1.29, 1.82) is 0 Å². The average Bonchev–Trinajstić information content (AvgIpc) is 2.06. The van der Waals surface area contributed by atoms with Crippen LogP contribution in [0.2, 0.25) is 0 Å². The molecule has 0 aromatic carbocycles. The van der Waals surface area contributed by atoms with Gasteiger partial charge in [-0.1, -0.05) is 0 Å². The van der Waals surface area contributed by atoms with Crippen LogP contribution in [0.5, 0.6) is 0 Å². The van der Waals surface area contributed by atoms with E-state index in [0.717, 1.165) is 0 Å². The minimum Gasteiger partial charge on any atom is -0.460 e. The first kappa shape index (κ1) is 14.4. The first-order valence-corrected chi connectivity index (χ1v) is 5.78. The highest BCUT2D eigenvalue weighted by atomic mass is 19.3. The number of hydrogen-bond donors (Lipinski definition) is 1. The molecule has 1 N–H and O–H groups in total. The normalized spacial score (nSPS) is 29.0. The van der Waals surface area contributed by atoms with Crippen molar-refractivity contribution in [3.8, 4) is 0 Å². The molecule has 17 heavy (non-hydrogen) atoms. The lowest BCUT2D eigenvalue weighted by molar-refractivity contribution is -0.165. The van der Waals surface area contributed by atoms with E-state index in [1.165, 1.54) is 0 Å². The van der Waals surface area contributed by atoms with Gasteiger partial charge < -0.3 is 9.84 Å². The van der Waals surface area contributed by atoms with Gasteiger partial charge in [-0.2, -0.15) is 0 Å². The molecule has 0 amide bonds. The number of alkyl halides is 2. The number of ether oxygens (including phenoxy) is 1. The van der Waals surface area contributed by atoms with Gasteiger partial charge in [0.15, 0.2) is 0 Å². The predicted molar refractivity (Wildman–Crippen MR) is 58.7 cm³/mol. The highest BCUT2D eigenvalue weighted by Gasteiger charge is 2.49.